The van der Waals surface area contributed by atoms with Crippen LogP contribution in [0.1, 0.15) is 17.0 Å². The normalized spacial score (nSPS) is 11.1. The molecule has 0 bridgehead atoms. The molecule has 0 saturated carbocycles. The zero-order valence-electron chi connectivity index (χ0n) is 11.5. The van der Waals surface area contributed by atoms with E-state index in [1.165, 1.54) is 0 Å². The van der Waals surface area contributed by atoms with Crippen LogP contribution in [0.25, 0.3) is 23.7 Å². The summed E-state index contributed by atoms with van der Waals surface area (Å²) in [6.07, 6.45) is 5.35. The average molecular weight is 278 g/mol. The number of aryl methyl sites for hydroxylation is 1. The summed E-state index contributed by atoms with van der Waals surface area (Å²) < 4.78 is 5.19. The maximum Gasteiger partial charge on any atom is 0.251 e. The van der Waals surface area contributed by atoms with Crippen molar-refractivity contribution in [1.82, 2.24) is 15.1 Å². The van der Waals surface area contributed by atoms with Crippen LogP contribution in [-0.2, 0) is 0 Å². The summed E-state index contributed by atoms with van der Waals surface area (Å²) in [6, 6.07) is 11.4. The molecule has 1 aromatic carbocycles. The van der Waals surface area contributed by atoms with Crippen molar-refractivity contribution in [3.05, 3.63) is 59.6 Å². The molecule has 0 saturated heterocycles. The predicted molar refractivity (Wildman–Crippen MR) is 82.0 cm³/mol. The molecule has 0 radical (unpaired) electrons. The van der Waals surface area contributed by atoms with E-state index in [4.69, 9.17) is 10.3 Å². The molecule has 104 valence electrons. The SMILES string of the molecule is Cc1ccnc(-c2noc(/C=C/c3cccc(N)c3)n2)c1. The molecule has 2 heterocycles. The molecule has 5 nitrogen and oxygen atoms in total. The fraction of sp³-hybridized carbons (Fsp3) is 0.0625. The largest absolute Gasteiger partial charge is 0.399 e. The molecule has 3 aromatic rings. The average Bonchev–Trinajstić information content (AvgIpc) is 2.94. The van der Waals surface area contributed by atoms with E-state index in [0.29, 0.717) is 23.1 Å². The van der Waals surface area contributed by atoms with Gasteiger partial charge < -0.3 is 10.3 Å². The molecular formula is C16H14N4O. The number of aromatic nitrogens is 3. The van der Waals surface area contributed by atoms with Crippen LogP contribution >= 0.6 is 0 Å². The first kappa shape index (κ1) is 13.1. The van der Waals surface area contributed by atoms with Gasteiger partial charge in [0, 0.05) is 18.0 Å². The van der Waals surface area contributed by atoms with Gasteiger partial charge in [-0.2, -0.15) is 4.98 Å². The lowest BCUT2D eigenvalue weighted by Gasteiger charge is -1.94. The van der Waals surface area contributed by atoms with Gasteiger partial charge in [-0.3, -0.25) is 4.98 Å². The Labute approximate surface area is 122 Å². The van der Waals surface area contributed by atoms with Gasteiger partial charge in [0.1, 0.15) is 5.69 Å². The summed E-state index contributed by atoms with van der Waals surface area (Å²) in [4.78, 5) is 8.53. The van der Waals surface area contributed by atoms with Crippen molar-refractivity contribution in [1.29, 1.82) is 0 Å². The number of nitrogens with zero attached hydrogens (tertiary/aromatic N) is 3. The zero-order chi connectivity index (χ0) is 14.7. The Morgan fingerprint density at radius 3 is 2.86 bits per heavy atom. The number of anilines is 1. The van der Waals surface area contributed by atoms with Crippen LogP contribution in [0.5, 0.6) is 0 Å². The Hall–Kier alpha value is -2.95. The highest BCUT2D eigenvalue weighted by Gasteiger charge is 2.07. The number of nitrogen functional groups attached to an aromatic ring is 1. The third-order valence-corrected chi connectivity index (χ3v) is 2.92. The number of rotatable bonds is 3. The van der Waals surface area contributed by atoms with Crippen LogP contribution < -0.4 is 5.73 Å². The van der Waals surface area contributed by atoms with Crippen LogP contribution in [0.2, 0.25) is 0 Å². The minimum atomic E-state index is 0.427. The molecule has 0 atom stereocenters. The number of nitrogens with two attached hydrogens (primary N) is 1. The molecule has 2 aromatic heterocycles. The van der Waals surface area contributed by atoms with E-state index in [9.17, 15) is 0 Å². The first-order valence-corrected chi connectivity index (χ1v) is 6.51. The minimum Gasteiger partial charge on any atom is -0.399 e. The summed E-state index contributed by atoms with van der Waals surface area (Å²) in [6.45, 7) is 1.99. The predicted octanol–water partition coefficient (Wildman–Crippen LogP) is 3.19. The first-order valence-electron chi connectivity index (χ1n) is 6.51. The summed E-state index contributed by atoms with van der Waals surface area (Å²) in [5, 5.41) is 3.93. The van der Waals surface area contributed by atoms with Crippen molar-refractivity contribution in [2.24, 2.45) is 0 Å². The maximum absolute atomic E-state index is 5.73. The van der Waals surface area contributed by atoms with Gasteiger partial charge in [-0.25, -0.2) is 0 Å². The van der Waals surface area contributed by atoms with Crippen molar-refractivity contribution >= 4 is 17.8 Å². The summed E-state index contributed by atoms with van der Waals surface area (Å²) in [7, 11) is 0. The van der Waals surface area contributed by atoms with Crippen molar-refractivity contribution in [3.8, 4) is 11.5 Å². The molecule has 3 rings (SSSR count). The van der Waals surface area contributed by atoms with E-state index in [0.717, 1.165) is 11.1 Å². The molecule has 5 heteroatoms. The van der Waals surface area contributed by atoms with Crippen LogP contribution in [0, 0.1) is 6.92 Å². The topological polar surface area (TPSA) is 77.8 Å². The quantitative estimate of drug-likeness (QED) is 0.744. The van der Waals surface area contributed by atoms with Gasteiger partial charge in [0.15, 0.2) is 0 Å². The van der Waals surface area contributed by atoms with Gasteiger partial charge in [-0.05, 0) is 48.4 Å². The van der Waals surface area contributed by atoms with E-state index in [1.807, 2.05) is 49.4 Å². The lowest BCUT2D eigenvalue weighted by molar-refractivity contribution is 0.411. The monoisotopic (exact) mass is 278 g/mol. The molecule has 0 amide bonds. The van der Waals surface area contributed by atoms with Crippen molar-refractivity contribution < 1.29 is 4.52 Å². The maximum atomic E-state index is 5.73. The molecule has 0 fully saturated rings. The second-order valence-corrected chi connectivity index (χ2v) is 4.68. The molecule has 0 spiro atoms. The molecule has 0 aliphatic carbocycles. The van der Waals surface area contributed by atoms with E-state index >= 15 is 0 Å². The van der Waals surface area contributed by atoms with Crippen molar-refractivity contribution in [2.75, 3.05) is 5.73 Å². The molecule has 0 unspecified atom stereocenters. The summed E-state index contributed by atoms with van der Waals surface area (Å²) >= 11 is 0. The van der Waals surface area contributed by atoms with E-state index in [-0.39, 0.29) is 0 Å². The fourth-order valence-electron chi connectivity index (χ4n) is 1.90. The number of hydrogen-bond acceptors (Lipinski definition) is 5. The van der Waals surface area contributed by atoms with E-state index in [2.05, 4.69) is 15.1 Å². The van der Waals surface area contributed by atoms with Crippen LogP contribution in [-0.4, -0.2) is 15.1 Å². The number of benzene rings is 1. The van der Waals surface area contributed by atoms with Gasteiger partial charge >= 0.3 is 0 Å². The Kier molecular flexibility index (Phi) is 3.47. The Morgan fingerprint density at radius 1 is 1.14 bits per heavy atom. The van der Waals surface area contributed by atoms with E-state index < -0.39 is 0 Å². The standard InChI is InChI=1S/C16H14N4O/c1-11-7-8-18-14(9-11)16-19-15(21-20-16)6-5-12-3-2-4-13(17)10-12/h2-10H,17H2,1H3/b6-5+. The Balaban J connectivity index is 1.82. The highest BCUT2D eigenvalue weighted by atomic mass is 16.5. The Morgan fingerprint density at radius 2 is 2.05 bits per heavy atom. The lowest BCUT2D eigenvalue weighted by Crippen LogP contribution is -1.86. The molecule has 0 aliphatic rings. The molecule has 21 heavy (non-hydrogen) atoms. The van der Waals surface area contributed by atoms with E-state index in [1.54, 1.807) is 12.3 Å². The lowest BCUT2D eigenvalue weighted by atomic mass is 10.2. The summed E-state index contributed by atoms with van der Waals surface area (Å²) in [5.41, 5.74) is 9.21. The fourth-order valence-corrected chi connectivity index (χ4v) is 1.90. The smallest absolute Gasteiger partial charge is 0.251 e. The van der Waals surface area contributed by atoms with Crippen LogP contribution in [0.15, 0.2) is 47.1 Å². The van der Waals surface area contributed by atoms with Gasteiger partial charge in [0.25, 0.3) is 5.89 Å². The highest BCUT2D eigenvalue weighted by Crippen LogP contribution is 2.16. The highest BCUT2D eigenvalue weighted by molar-refractivity contribution is 5.68. The van der Waals surface area contributed by atoms with Crippen LogP contribution in [0.3, 0.4) is 0 Å². The van der Waals surface area contributed by atoms with Crippen LogP contribution in [0.4, 0.5) is 5.69 Å². The number of hydrogen-bond donors (Lipinski definition) is 1. The van der Waals surface area contributed by atoms with Crippen molar-refractivity contribution in [2.45, 2.75) is 6.92 Å². The third-order valence-electron chi connectivity index (χ3n) is 2.92. The van der Waals surface area contributed by atoms with Gasteiger partial charge in [-0.1, -0.05) is 17.3 Å². The van der Waals surface area contributed by atoms with Gasteiger partial charge in [0.05, 0.1) is 0 Å². The van der Waals surface area contributed by atoms with Crippen molar-refractivity contribution in [3.63, 3.8) is 0 Å². The van der Waals surface area contributed by atoms with Gasteiger partial charge in [0.2, 0.25) is 5.82 Å². The second kappa shape index (κ2) is 5.58. The molecular weight excluding hydrogens is 264 g/mol. The number of pyridine rings is 1. The molecule has 0 aliphatic heterocycles. The first-order chi connectivity index (χ1) is 10.2. The minimum absolute atomic E-state index is 0.427. The van der Waals surface area contributed by atoms with Gasteiger partial charge in [-0.15, -0.1) is 0 Å². The Bertz CT molecular complexity index is 792. The second-order valence-electron chi connectivity index (χ2n) is 4.68. The third kappa shape index (κ3) is 3.14. The summed E-state index contributed by atoms with van der Waals surface area (Å²) in [5.74, 6) is 0.904. The zero-order valence-corrected chi connectivity index (χ0v) is 11.5. The molecule has 2 N–H and O–H groups in total.